The van der Waals surface area contributed by atoms with Crippen LogP contribution in [0.15, 0.2) is 76.6 Å². The molecule has 0 saturated heterocycles. The van der Waals surface area contributed by atoms with Gasteiger partial charge in [-0.2, -0.15) is 0 Å². The molecule has 0 aliphatic carbocycles. The number of ketones is 1. The topological polar surface area (TPSA) is 92.9 Å². The van der Waals surface area contributed by atoms with Gasteiger partial charge in [0.25, 0.3) is 5.91 Å². The smallest absolute Gasteiger partial charge is 0.296 e. The van der Waals surface area contributed by atoms with Crippen LogP contribution in [-0.4, -0.2) is 28.4 Å². The summed E-state index contributed by atoms with van der Waals surface area (Å²) in [5, 5.41) is 10.9. The fourth-order valence-electron chi connectivity index (χ4n) is 3.82. The summed E-state index contributed by atoms with van der Waals surface area (Å²) < 4.78 is 26.3. The van der Waals surface area contributed by atoms with Crippen molar-refractivity contribution in [1.29, 1.82) is 0 Å². The van der Waals surface area contributed by atoms with Gasteiger partial charge in [-0.15, -0.1) is 0 Å². The lowest BCUT2D eigenvalue weighted by Gasteiger charge is -2.24. The molecule has 3 heterocycles. The van der Waals surface area contributed by atoms with Gasteiger partial charge >= 0.3 is 0 Å². The number of carbonyl (C=O) groups is 2. The molecule has 5 rings (SSSR count). The second kappa shape index (κ2) is 8.18. The number of hydrogen-bond acceptors (Lipinski definition) is 7. The van der Waals surface area contributed by atoms with Crippen molar-refractivity contribution in [2.24, 2.45) is 0 Å². The van der Waals surface area contributed by atoms with Crippen LogP contribution in [0, 0.1) is 5.82 Å². The third-order valence-electron chi connectivity index (χ3n) is 5.26. The van der Waals surface area contributed by atoms with Crippen LogP contribution in [0.25, 0.3) is 10.2 Å². The number of halogens is 1. The average Bonchev–Trinajstić information content (AvgIpc) is 3.53. The van der Waals surface area contributed by atoms with Crippen molar-refractivity contribution in [2.45, 2.75) is 13.0 Å². The molecule has 7 nitrogen and oxygen atoms in total. The lowest BCUT2D eigenvalue weighted by molar-refractivity contribution is -0.117. The van der Waals surface area contributed by atoms with Gasteiger partial charge in [0.15, 0.2) is 16.7 Å². The van der Waals surface area contributed by atoms with Crippen LogP contribution in [0.4, 0.5) is 9.52 Å². The number of ether oxygens (including phenoxy) is 1. The van der Waals surface area contributed by atoms with E-state index in [0.29, 0.717) is 17.9 Å². The summed E-state index contributed by atoms with van der Waals surface area (Å²) in [6, 6.07) is 12.8. The highest BCUT2D eigenvalue weighted by molar-refractivity contribution is 7.22. The number of aliphatic hydroxyl groups excluding tert-OH is 1. The fourth-order valence-corrected chi connectivity index (χ4v) is 4.84. The molecule has 0 fully saturated rings. The molecule has 1 N–H and O–H groups in total. The number of carbonyl (C=O) groups excluding carboxylic acids is 2. The molecule has 0 radical (unpaired) electrons. The van der Waals surface area contributed by atoms with E-state index in [1.807, 2.05) is 6.92 Å². The van der Waals surface area contributed by atoms with Crippen LogP contribution in [0.5, 0.6) is 5.75 Å². The Morgan fingerprint density at radius 1 is 1.24 bits per heavy atom. The number of Topliss-reactive ketones (excluding diaryl/α,β-unsaturated/α-hetero) is 1. The molecule has 0 unspecified atom stereocenters. The molecule has 1 aliphatic rings. The minimum Gasteiger partial charge on any atom is -0.503 e. The number of aromatic nitrogens is 1. The summed E-state index contributed by atoms with van der Waals surface area (Å²) in [6.45, 7) is 2.36. The van der Waals surface area contributed by atoms with E-state index in [4.69, 9.17) is 9.15 Å². The SMILES string of the molecule is CCOc1ccc2nc(N3C(=O)C(O)=C(C(=O)c4ccco4)[C@@H]3c3ccccc3F)sc2c1. The number of thiazole rings is 1. The highest BCUT2D eigenvalue weighted by Gasteiger charge is 2.47. The van der Waals surface area contributed by atoms with E-state index in [2.05, 4.69) is 4.98 Å². The molecule has 1 amide bonds. The van der Waals surface area contributed by atoms with Gasteiger partial charge in [0, 0.05) is 5.56 Å². The van der Waals surface area contributed by atoms with Crippen molar-refractivity contribution < 1.29 is 28.2 Å². The monoisotopic (exact) mass is 464 g/mol. The largest absolute Gasteiger partial charge is 0.503 e. The average molecular weight is 464 g/mol. The Morgan fingerprint density at radius 2 is 2.06 bits per heavy atom. The zero-order valence-corrected chi connectivity index (χ0v) is 18.1. The normalized spacial score (nSPS) is 16.1. The molecule has 9 heteroatoms. The Balaban J connectivity index is 1.67. The standard InChI is InChI=1S/C24H17FN2O5S/c1-2-31-13-9-10-16-18(12-13)33-24(26-16)27-20(14-6-3-4-7-15(14)25)19(22(29)23(27)30)21(28)17-8-5-11-32-17/h3-12,20,29H,2H2,1H3/t20-/m0/s1. The van der Waals surface area contributed by atoms with Gasteiger partial charge in [-0.05, 0) is 43.3 Å². The van der Waals surface area contributed by atoms with Gasteiger partial charge < -0.3 is 14.3 Å². The van der Waals surface area contributed by atoms with E-state index in [1.54, 1.807) is 24.3 Å². The summed E-state index contributed by atoms with van der Waals surface area (Å²) in [5.74, 6) is -2.37. The number of benzene rings is 2. The third kappa shape index (κ3) is 3.46. The molecule has 2 aromatic carbocycles. The van der Waals surface area contributed by atoms with Crippen molar-refractivity contribution in [3.8, 4) is 5.75 Å². The van der Waals surface area contributed by atoms with Crippen molar-refractivity contribution in [2.75, 3.05) is 11.5 Å². The summed E-state index contributed by atoms with van der Waals surface area (Å²) in [6.07, 6.45) is 1.31. The molecule has 0 bridgehead atoms. The Bertz CT molecular complexity index is 1410. The predicted octanol–water partition coefficient (Wildman–Crippen LogP) is 5.21. The molecule has 166 valence electrons. The zero-order valence-electron chi connectivity index (χ0n) is 17.3. The zero-order chi connectivity index (χ0) is 23.1. The van der Waals surface area contributed by atoms with Gasteiger partial charge in [-0.1, -0.05) is 29.5 Å². The maximum atomic E-state index is 14.9. The number of aliphatic hydroxyl groups is 1. The van der Waals surface area contributed by atoms with Crippen LogP contribution in [0.3, 0.4) is 0 Å². The molecule has 4 aromatic rings. The number of fused-ring (bicyclic) bond motifs is 1. The number of amides is 1. The van der Waals surface area contributed by atoms with Gasteiger partial charge in [0.1, 0.15) is 17.6 Å². The van der Waals surface area contributed by atoms with E-state index in [-0.39, 0.29) is 22.0 Å². The van der Waals surface area contributed by atoms with Crippen LogP contribution in [0.2, 0.25) is 0 Å². The van der Waals surface area contributed by atoms with Crippen LogP contribution < -0.4 is 9.64 Å². The lowest BCUT2D eigenvalue weighted by atomic mass is 9.95. The van der Waals surface area contributed by atoms with E-state index < -0.39 is 29.3 Å². The Kier molecular flexibility index (Phi) is 5.18. The van der Waals surface area contributed by atoms with Crippen LogP contribution >= 0.6 is 11.3 Å². The molecule has 0 spiro atoms. The van der Waals surface area contributed by atoms with Gasteiger partial charge in [0.05, 0.1) is 28.7 Å². The molecule has 1 aliphatic heterocycles. The predicted molar refractivity (Wildman–Crippen MR) is 120 cm³/mol. The summed E-state index contributed by atoms with van der Waals surface area (Å²) in [7, 11) is 0. The maximum absolute atomic E-state index is 14.9. The first kappa shape index (κ1) is 20.9. The fraction of sp³-hybridized carbons (Fsp3) is 0.125. The first-order valence-electron chi connectivity index (χ1n) is 10.1. The van der Waals surface area contributed by atoms with Crippen molar-refractivity contribution in [3.63, 3.8) is 0 Å². The van der Waals surface area contributed by atoms with Crippen molar-refractivity contribution >= 4 is 38.4 Å². The third-order valence-corrected chi connectivity index (χ3v) is 6.28. The van der Waals surface area contributed by atoms with E-state index in [9.17, 15) is 19.1 Å². The Labute approximate surface area is 191 Å². The number of furan rings is 1. The molecule has 1 atom stereocenters. The van der Waals surface area contributed by atoms with Crippen LogP contribution in [-0.2, 0) is 4.79 Å². The van der Waals surface area contributed by atoms with Crippen LogP contribution in [0.1, 0.15) is 29.1 Å². The van der Waals surface area contributed by atoms with Gasteiger partial charge in [-0.3, -0.25) is 14.5 Å². The second-order valence-corrected chi connectivity index (χ2v) is 8.24. The first-order chi connectivity index (χ1) is 16.0. The van der Waals surface area contributed by atoms with Gasteiger partial charge in [0.2, 0.25) is 5.78 Å². The number of anilines is 1. The minimum atomic E-state index is -1.22. The molecule has 33 heavy (non-hydrogen) atoms. The molecule has 2 aromatic heterocycles. The summed E-state index contributed by atoms with van der Waals surface area (Å²) in [5.41, 5.74) is 0.386. The highest BCUT2D eigenvalue weighted by atomic mass is 32.1. The molecular formula is C24H17FN2O5S. The molecular weight excluding hydrogens is 447 g/mol. The quantitative estimate of drug-likeness (QED) is 0.394. The Morgan fingerprint density at radius 3 is 2.79 bits per heavy atom. The highest BCUT2D eigenvalue weighted by Crippen LogP contribution is 2.45. The maximum Gasteiger partial charge on any atom is 0.296 e. The van der Waals surface area contributed by atoms with Crippen molar-refractivity contribution in [3.05, 3.63) is 89.3 Å². The Hall–Kier alpha value is -3.98. The number of hydrogen-bond donors (Lipinski definition) is 1. The summed E-state index contributed by atoms with van der Waals surface area (Å²) in [4.78, 5) is 32.0. The first-order valence-corrected chi connectivity index (χ1v) is 10.9. The lowest BCUT2D eigenvalue weighted by Crippen LogP contribution is -2.31. The van der Waals surface area contributed by atoms with Crippen molar-refractivity contribution in [1.82, 2.24) is 4.98 Å². The number of nitrogens with zero attached hydrogens (tertiary/aromatic N) is 2. The summed E-state index contributed by atoms with van der Waals surface area (Å²) >= 11 is 1.17. The molecule has 0 saturated carbocycles. The van der Waals surface area contributed by atoms with Gasteiger partial charge in [-0.25, -0.2) is 9.37 Å². The van der Waals surface area contributed by atoms with E-state index in [0.717, 1.165) is 9.60 Å². The second-order valence-electron chi connectivity index (χ2n) is 7.23. The van der Waals surface area contributed by atoms with E-state index in [1.165, 1.54) is 47.9 Å². The van der Waals surface area contributed by atoms with E-state index >= 15 is 0 Å². The minimum absolute atomic E-state index is 0.0547. The number of rotatable bonds is 6.